The molecule has 2 rings (SSSR count). The van der Waals surface area contributed by atoms with Crippen molar-refractivity contribution in [3.63, 3.8) is 0 Å². The average molecular weight is 268 g/mol. The van der Waals surface area contributed by atoms with E-state index in [-0.39, 0.29) is 11.9 Å². The van der Waals surface area contributed by atoms with Gasteiger partial charge in [-0.1, -0.05) is 17.7 Å². The Bertz CT molecular complexity index is 539. The Morgan fingerprint density at radius 2 is 2.22 bits per heavy atom. The molecular weight excluding hydrogens is 253 g/mol. The Kier molecular flexibility index (Phi) is 3.99. The number of hydrogen-bond acceptors (Lipinski definition) is 2. The van der Waals surface area contributed by atoms with Crippen LogP contribution in [0, 0.1) is 5.82 Å². The summed E-state index contributed by atoms with van der Waals surface area (Å²) in [6.45, 7) is 0. The van der Waals surface area contributed by atoms with Crippen LogP contribution in [-0.2, 0) is 13.5 Å². The lowest BCUT2D eigenvalue weighted by Crippen LogP contribution is -2.20. The zero-order chi connectivity index (χ0) is 13.1. The van der Waals surface area contributed by atoms with Crippen LogP contribution in [0.2, 0.25) is 5.02 Å². The van der Waals surface area contributed by atoms with Crippen molar-refractivity contribution in [2.75, 3.05) is 7.05 Å². The summed E-state index contributed by atoms with van der Waals surface area (Å²) in [6.07, 6.45) is 2.41. The summed E-state index contributed by atoms with van der Waals surface area (Å²) in [7, 11) is 3.70. The number of aromatic nitrogens is 2. The minimum absolute atomic E-state index is 0.0122. The van der Waals surface area contributed by atoms with E-state index in [9.17, 15) is 4.39 Å². The van der Waals surface area contributed by atoms with Crippen LogP contribution in [-0.4, -0.2) is 16.8 Å². The smallest absolute Gasteiger partial charge is 0.127 e. The van der Waals surface area contributed by atoms with Crippen molar-refractivity contribution in [1.82, 2.24) is 15.1 Å². The first-order valence-electron chi connectivity index (χ1n) is 5.71. The third-order valence-electron chi connectivity index (χ3n) is 2.88. The first-order chi connectivity index (χ1) is 8.60. The van der Waals surface area contributed by atoms with Crippen molar-refractivity contribution < 1.29 is 4.39 Å². The topological polar surface area (TPSA) is 29.9 Å². The van der Waals surface area contributed by atoms with Crippen molar-refractivity contribution in [2.24, 2.45) is 7.05 Å². The monoisotopic (exact) mass is 267 g/mol. The van der Waals surface area contributed by atoms with Crippen LogP contribution in [0.3, 0.4) is 0 Å². The van der Waals surface area contributed by atoms with Gasteiger partial charge >= 0.3 is 0 Å². The zero-order valence-electron chi connectivity index (χ0n) is 10.3. The van der Waals surface area contributed by atoms with Gasteiger partial charge in [0.2, 0.25) is 0 Å². The molecule has 0 spiro atoms. The number of nitrogens with zero attached hydrogens (tertiary/aromatic N) is 2. The Hall–Kier alpha value is -1.39. The molecule has 0 fully saturated rings. The maximum Gasteiger partial charge on any atom is 0.127 e. The van der Waals surface area contributed by atoms with Gasteiger partial charge < -0.3 is 5.32 Å². The van der Waals surface area contributed by atoms with Crippen LogP contribution in [0.4, 0.5) is 4.39 Å². The van der Waals surface area contributed by atoms with Gasteiger partial charge in [-0.25, -0.2) is 4.39 Å². The minimum Gasteiger partial charge on any atom is -0.311 e. The largest absolute Gasteiger partial charge is 0.311 e. The van der Waals surface area contributed by atoms with Crippen LogP contribution < -0.4 is 5.32 Å². The van der Waals surface area contributed by atoms with Crippen LogP contribution in [0.15, 0.2) is 30.5 Å². The highest BCUT2D eigenvalue weighted by Crippen LogP contribution is 2.21. The summed E-state index contributed by atoms with van der Waals surface area (Å²) in [5.41, 5.74) is 1.53. The van der Waals surface area contributed by atoms with Crippen LogP contribution in [0.1, 0.15) is 17.3 Å². The molecule has 5 heteroatoms. The molecule has 1 atom stereocenters. The van der Waals surface area contributed by atoms with E-state index in [1.807, 2.05) is 26.4 Å². The molecule has 0 amide bonds. The molecule has 1 aromatic heterocycles. The number of nitrogens with one attached hydrogen (secondary N) is 1. The normalized spacial score (nSPS) is 12.7. The number of halogens is 2. The summed E-state index contributed by atoms with van der Waals surface area (Å²) in [4.78, 5) is 0. The fraction of sp³-hybridized carbons (Fsp3) is 0.308. The molecule has 0 radical (unpaired) electrons. The highest BCUT2D eigenvalue weighted by Gasteiger charge is 2.15. The van der Waals surface area contributed by atoms with E-state index in [2.05, 4.69) is 10.4 Å². The van der Waals surface area contributed by atoms with Gasteiger partial charge in [0.05, 0.1) is 11.7 Å². The second-order valence-electron chi connectivity index (χ2n) is 4.20. The summed E-state index contributed by atoms with van der Waals surface area (Å²) >= 11 is 5.74. The number of rotatable bonds is 4. The molecular formula is C13H15ClFN3. The standard InChI is InChI=1S/C13H15ClFN3/c1-16-13(12-5-6-18(2)17-12)7-9-3-4-10(14)8-11(9)15/h3-6,8,13,16H,7H2,1-2H3. The van der Waals surface area contributed by atoms with Gasteiger partial charge in [0.15, 0.2) is 0 Å². The fourth-order valence-corrected chi connectivity index (χ4v) is 2.04. The SMILES string of the molecule is CNC(Cc1ccc(Cl)cc1F)c1ccn(C)n1. The molecule has 0 bridgehead atoms. The second-order valence-corrected chi connectivity index (χ2v) is 4.63. The zero-order valence-corrected chi connectivity index (χ0v) is 11.1. The van der Waals surface area contributed by atoms with Gasteiger partial charge in [0, 0.05) is 18.3 Å². The average Bonchev–Trinajstić information content (AvgIpc) is 2.75. The van der Waals surface area contributed by atoms with Crippen molar-refractivity contribution in [3.05, 3.63) is 52.6 Å². The van der Waals surface area contributed by atoms with E-state index in [1.165, 1.54) is 6.07 Å². The predicted molar refractivity (Wildman–Crippen MR) is 70.1 cm³/mol. The lowest BCUT2D eigenvalue weighted by molar-refractivity contribution is 0.537. The Balaban J connectivity index is 2.20. The Labute approximate surface area is 111 Å². The highest BCUT2D eigenvalue weighted by molar-refractivity contribution is 6.30. The van der Waals surface area contributed by atoms with Gasteiger partial charge in [-0.15, -0.1) is 0 Å². The molecule has 3 nitrogen and oxygen atoms in total. The molecule has 0 aliphatic rings. The first kappa shape index (κ1) is 13.1. The molecule has 1 unspecified atom stereocenters. The van der Waals surface area contributed by atoms with E-state index in [1.54, 1.807) is 16.8 Å². The van der Waals surface area contributed by atoms with Crippen molar-refractivity contribution >= 4 is 11.6 Å². The third kappa shape index (κ3) is 2.89. The molecule has 0 saturated carbocycles. The number of hydrogen-bond donors (Lipinski definition) is 1. The lowest BCUT2D eigenvalue weighted by atomic mass is 10.0. The third-order valence-corrected chi connectivity index (χ3v) is 3.11. The van der Waals surface area contributed by atoms with Crippen molar-refractivity contribution in [2.45, 2.75) is 12.5 Å². The highest BCUT2D eigenvalue weighted by atomic mass is 35.5. The van der Waals surface area contributed by atoms with E-state index < -0.39 is 0 Å². The summed E-state index contributed by atoms with van der Waals surface area (Å²) < 4.78 is 15.5. The maximum atomic E-state index is 13.7. The van der Waals surface area contributed by atoms with Crippen molar-refractivity contribution in [1.29, 1.82) is 0 Å². The Morgan fingerprint density at radius 1 is 1.44 bits per heavy atom. The van der Waals surface area contributed by atoms with Gasteiger partial charge in [-0.2, -0.15) is 5.10 Å². The van der Waals surface area contributed by atoms with E-state index in [0.29, 0.717) is 17.0 Å². The number of aryl methyl sites for hydroxylation is 1. The van der Waals surface area contributed by atoms with Crippen molar-refractivity contribution in [3.8, 4) is 0 Å². The van der Waals surface area contributed by atoms with E-state index in [4.69, 9.17) is 11.6 Å². The minimum atomic E-state index is -0.279. The van der Waals surface area contributed by atoms with Gasteiger partial charge in [0.1, 0.15) is 5.82 Å². The molecule has 1 N–H and O–H groups in total. The molecule has 0 saturated heterocycles. The molecule has 0 aliphatic heterocycles. The van der Waals surface area contributed by atoms with E-state index >= 15 is 0 Å². The van der Waals surface area contributed by atoms with Crippen LogP contribution >= 0.6 is 11.6 Å². The number of benzene rings is 1. The number of likely N-dealkylation sites (N-methyl/N-ethyl adjacent to an activating group) is 1. The molecule has 0 aliphatic carbocycles. The van der Waals surface area contributed by atoms with E-state index in [0.717, 1.165) is 5.69 Å². The molecule has 1 aromatic carbocycles. The lowest BCUT2D eigenvalue weighted by Gasteiger charge is -2.14. The summed E-state index contributed by atoms with van der Waals surface area (Å²) in [5, 5.41) is 7.89. The predicted octanol–water partition coefficient (Wildman–Crippen LogP) is 2.72. The maximum absolute atomic E-state index is 13.7. The van der Waals surface area contributed by atoms with Gasteiger partial charge in [-0.05, 0) is 37.2 Å². The molecule has 1 heterocycles. The summed E-state index contributed by atoms with van der Waals surface area (Å²) in [5.74, 6) is -0.279. The second kappa shape index (κ2) is 5.50. The first-order valence-corrected chi connectivity index (χ1v) is 6.08. The van der Waals surface area contributed by atoms with Crippen LogP contribution in [0.5, 0.6) is 0 Å². The molecule has 2 aromatic rings. The molecule has 96 valence electrons. The molecule has 18 heavy (non-hydrogen) atoms. The van der Waals surface area contributed by atoms with Gasteiger partial charge in [0.25, 0.3) is 0 Å². The van der Waals surface area contributed by atoms with Gasteiger partial charge in [-0.3, -0.25) is 4.68 Å². The van der Waals surface area contributed by atoms with Crippen LogP contribution in [0.25, 0.3) is 0 Å². The quantitative estimate of drug-likeness (QED) is 0.923. The Morgan fingerprint density at radius 3 is 2.78 bits per heavy atom. The summed E-state index contributed by atoms with van der Waals surface area (Å²) in [6, 6.07) is 6.66. The fourth-order valence-electron chi connectivity index (χ4n) is 1.88.